The number of benzene rings is 1. The minimum Gasteiger partial charge on any atom is -0.487 e. The summed E-state index contributed by atoms with van der Waals surface area (Å²) in [5.41, 5.74) is -4.68. The van der Waals surface area contributed by atoms with Gasteiger partial charge in [0.15, 0.2) is 11.5 Å². The SMILES string of the molecule is CN[C@@H]1C(O)[C@H](O)C(CO)O[C@H]1Oc1ccc(C[C@@H](c2ccc(OC(F)F)c(OC3CC3)c2)c2cnc(C(O)(C(F)(F)F)C(F)(F)F)s2)cn1. The number of halogens is 8. The second kappa shape index (κ2) is 14.7. The van der Waals surface area contributed by atoms with Gasteiger partial charge in [0.05, 0.1) is 18.8 Å². The summed E-state index contributed by atoms with van der Waals surface area (Å²) in [5, 5.41) is 41.1. The third-order valence-electron chi connectivity index (χ3n) is 8.09. The molecule has 5 N–H and O–H groups in total. The molecule has 1 aliphatic carbocycles. The highest BCUT2D eigenvalue weighted by Crippen LogP contribution is 2.52. The number of thiazole rings is 1. The van der Waals surface area contributed by atoms with Crippen molar-refractivity contribution >= 4 is 11.3 Å². The van der Waals surface area contributed by atoms with E-state index in [0.717, 1.165) is 12.3 Å². The molecule has 11 nitrogen and oxygen atoms in total. The molecule has 6 atom stereocenters. The largest absolute Gasteiger partial charge is 0.487 e. The molecule has 3 heterocycles. The molecule has 2 unspecified atom stereocenters. The molecule has 1 saturated carbocycles. The quantitative estimate of drug-likeness (QED) is 0.163. The second-order valence-electron chi connectivity index (χ2n) is 11.6. The van der Waals surface area contributed by atoms with Crippen LogP contribution in [0.2, 0.25) is 0 Å². The van der Waals surface area contributed by atoms with E-state index in [0.29, 0.717) is 18.4 Å². The van der Waals surface area contributed by atoms with E-state index in [1.54, 1.807) is 0 Å². The average Bonchev–Trinajstić information content (AvgIpc) is 3.73. The van der Waals surface area contributed by atoms with Gasteiger partial charge >= 0.3 is 24.6 Å². The number of aliphatic hydroxyl groups excluding tert-OH is 3. The summed E-state index contributed by atoms with van der Waals surface area (Å²) in [6, 6.07) is 5.61. The highest BCUT2D eigenvalue weighted by molar-refractivity contribution is 7.11. The molecule has 0 amide bonds. The standard InChI is InChI=1S/C30H31F8N3O8S/c1-39-22-24(44)23(43)19(12-42)47-25(22)49-21-7-2-13(10-40-21)8-16(14-3-6-17(48-27(31)32)18(9-14)46-15-4-5-15)20-11-41-26(50-20)28(45,29(33,34)35)30(36,37)38/h2-3,6-7,9-11,15-16,19,22-25,27,39,42-45H,4-5,8,12H2,1H3/t16-,19?,22+,23+,24?,25-/m0/s1. The fourth-order valence-electron chi connectivity index (χ4n) is 5.24. The maximum Gasteiger partial charge on any atom is 0.433 e. The van der Waals surface area contributed by atoms with Crippen LogP contribution in [0.5, 0.6) is 17.4 Å². The summed E-state index contributed by atoms with van der Waals surface area (Å²) in [4.78, 5) is 7.36. The fraction of sp³-hybridized carbons (Fsp3) is 0.533. The van der Waals surface area contributed by atoms with Crippen LogP contribution in [-0.2, 0) is 16.8 Å². The van der Waals surface area contributed by atoms with Crippen molar-refractivity contribution in [2.45, 2.75) is 86.5 Å². The van der Waals surface area contributed by atoms with Crippen LogP contribution in [-0.4, -0.2) is 99.8 Å². The Morgan fingerprint density at radius 2 is 1.66 bits per heavy atom. The highest BCUT2D eigenvalue weighted by atomic mass is 32.1. The van der Waals surface area contributed by atoms with Crippen LogP contribution in [0.4, 0.5) is 35.1 Å². The first-order chi connectivity index (χ1) is 23.5. The van der Waals surface area contributed by atoms with E-state index in [1.807, 2.05) is 0 Å². The number of likely N-dealkylation sites (N-methyl/N-ethyl adjacent to an activating group) is 1. The molecular formula is C30H31F8N3O8S. The van der Waals surface area contributed by atoms with Crippen molar-refractivity contribution in [1.82, 2.24) is 15.3 Å². The lowest BCUT2D eigenvalue weighted by molar-refractivity contribution is -0.376. The van der Waals surface area contributed by atoms with Crippen LogP contribution in [0.1, 0.15) is 39.8 Å². The summed E-state index contributed by atoms with van der Waals surface area (Å²) in [6.07, 6.45) is -14.7. The molecule has 2 aromatic heterocycles. The smallest absolute Gasteiger partial charge is 0.433 e. The Kier molecular flexibility index (Phi) is 11.1. The van der Waals surface area contributed by atoms with Gasteiger partial charge in [-0.1, -0.05) is 12.1 Å². The van der Waals surface area contributed by atoms with Gasteiger partial charge in [0, 0.05) is 29.3 Å². The number of pyridine rings is 1. The van der Waals surface area contributed by atoms with E-state index >= 15 is 0 Å². The van der Waals surface area contributed by atoms with Crippen LogP contribution in [0.25, 0.3) is 0 Å². The number of hydrogen-bond acceptors (Lipinski definition) is 12. The van der Waals surface area contributed by atoms with Gasteiger partial charge in [0.1, 0.15) is 23.3 Å². The Labute approximate surface area is 282 Å². The van der Waals surface area contributed by atoms with Gasteiger partial charge < -0.3 is 44.7 Å². The van der Waals surface area contributed by atoms with Gasteiger partial charge in [0.25, 0.3) is 0 Å². The first kappa shape index (κ1) is 37.8. The lowest BCUT2D eigenvalue weighted by Crippen LogP contribution is -2.64. The summed E-state index contributed by atoms with van der Waals surface area (Å²) in [7, 11) is 1.47. The van der Waals surface area contributed by atoms with Crippen molar-refractivity contribution in [3.63, 3.8) is 0 Å². The Bertz CT molecular complexity index is 1580. The van der Waals surface area contributed by atoms with E-state index in [1.165, 1.54) is 37.5 Å². The maximum atomic E-state index is 13.7. The number of nitrogens with zero attached hydrogens (tertiary/aromatic N) is 2. The number of rotatable bonds is 13. The molecular weight excluding hydrogens is 714 g/mol. The normalized spacial score (nSPS) is 23.9. The van der Waals surface area contributed by atoms with Gasteiger partial charge in [-0.2, -0.15) is 35.1 Å². The topological polar surface area (TPSA) is 156 Å². The number of alkyl halides is 8. The van der Waals surface area contributed by atoms with E-state index in [9.17, 15) is 55.5 Å². The molecule has 1 saturated heterocycles. The first-order valence-corrected chi connectivity index (χ1v) is 15.8. The molecule has 50 heavy (non-hydrogen) atoms. The molecule has 2 aliphatic rings. The van der Waals surface area contributed by atoms with Crippen molar-refractivity contribution in [3.8, 4) is 17.4 Å². The van der Waals surface area contributed by atoms with Gasteiger partial charge in [-0.3, -0.25) is 0 Å². The van der Waals surface area contributed by atoms with Gasteiger partial charge in [-0.25, -0.2) is 9.97 Å². The lowest BCUT2D eigenvalue weighted by atomic mass is 9.91. The van der Waals surface area contributed by atoms with Gasteiger partial charge in [-0.15, -0.1) is 11.3 Å². The highest BCUT2D eigenvalue weighted by Gasteiger charge is 2.73. The van der Waals surface area contributed by atoms with Crippen LogP contribution in [0, 0.1) is 0 Å². The monoisotopic (exact) mass is 745 g/mol. The summed E-state index contributed by atoms with van der Waals surface area (Å²) < 4.78 is 130. The van der Waals surface area contributed by atoms with Gasteiger partial charge in [0.2, 0.25) is 12.2 Å². The van der Waals surface area contributed by atoms with Crippen LogP contribution in [0.3, 0.4) is 0 Å². The van der Waals surface area contributed by atoms with E-state index in [4.69, 9.17) is 14.2 Å². The molecule has 3 aromatic rings. The molecule has 0 radical (unpaired) electrons. The zero-order valence-electron chi connectivity index (χ0n) is 25.7. The number of aliphatic hydroxyl groups is 4. The summed E-state index contributed by atoms with van der Waals surface area (Å²) >= 11 is -0.0318. The first-order valence-electron chi connectivity index (χ1n) is 15.0. The Morgan fingerprint density at radius 3 is 2.22 bits per heavy atom. The Hall–Kier alpha value is -3.40. The second-order valence-corrected chi connectivity index (χ2v) is 12.6. The summed E-state index contributed by atoms with van der Waals surface area (Å²) in [6.45, 7) is -3.85. The molecule has 1 aromatic carbocycles. The number of hydrogen-bond donors (Lipinski definition) is 5. The molecule has 0 bridgehead atoms. The van der Waals surface area contributed by atoms with Crippen molar-refractivity contribution in [1.29, 1.82) is 0 Å². The molecule has 5 rings (SSSR count). The Balaban J connectivity index is 1.48. The third-order valence-corrected chi connectivity index (χ3v) is 9.31. The lowest BCUT2D eigenvalue weighted by Gasteiger charge is -2.41. The van der Waals surface area contributed by atoms with Crippen molar-refractivity contribution in [2.75, 3.05) is 13.7 Å². The van der Waals surface area contributed by atoms with Crippen LogP contribution >= 0.6 is 11.3 Å². The average molecular weight is 746 g/mol. The number of aromatic nitrogens is 2. The number of nitrogens with one attached hydrogen (secondary N) is 1. The zero-order valence-corrected chi connectivity index (χ0v) is 26.6. The van der Waals surface area contributed by atoms with Crippen LogP contribution in [0.15, 0.2) is 42.7 Å². The minimum atomic E-state index is -6.17. The molecule has 2 fully saturated rings. The predicted octanol–water partition coefficient (Wildman–Crippen LogP) is 3.77. The minimum absolute atomic E-state index is 0.0318. The predicted molar refractivity (Wildman–Crippen MR) is 156 cm³/mol. The zero-order chi connectivity index (χ0) is 36.6. The molecule has 0 spiro atoms. The molecule has 276 valence electrons. The van der Waals surface area contributed by atoms with Crippen LogP contribution < -0.4 is 19.5 Å². The van der Waals surface area contributed by atoms with Crippen molar-refractivity contribution in [3.05, 3.63) is 63.7 Å². The summed E-state index contributed by atoms with van der Waals surface area (Å²) in [5.74, 6) is -1.58. The fourth-order valence-corrected chi connectivity index (χ4v) is 6.41. The van der Waals surface area contributed by atoms with Gasteiger partial charge in [-0.05, 0) is 49.6 Å². The van der Waals surface area contributed by atoms with Crippen molar-refractivity contribution in [2.24, 2.45) is 0 Å². The van der Waals surface area contributed by atoms with E-state index < -0.39 is 72.7 Å². The Morgan fingerprint density at radius 1 is 0.960 bits per heavy atom. The molecule has 1 aliphatic heterocycles. The van der Waals surface area contributed by atoms with E-state index in [2.05, 4.69) is 20.0 Å². The number of ether oxygens (including phenoxy) is 4. The molecule has 20 heteroatoms. The maximum absolute atomic E-state index is 13.7. The third kappa shape index (κ3) is 7.90. The van der Waals surface area contributed by atoms with E-state index in [-0.39, 0.29) is 51.7 Å². The van der Waals surface area contributed by atoms with Crippen molar-refractivity contribution < 1.29 is 74.5 Å².